The Morgan fingerprint density at radius 3 is 2.69 bits per heavy atom. The monoisotopic (exact) mass is 358 g/mol. The van der Waals surface area contributed by atoms with Crippen molar-refractivity contribution in [3.8, 4) is 6.07 Å². The SMILES string of the molecule is CCCCCCN1CC2(CCN(Cc3cc(C#N)n(C)c3)CC2)OC1=O. The van der Waals surface area contributed by atoms with E-state index in [1.54, 1.807) is 0 Å². The third-order valence-corrected chi connectivity index (χ3v) is 5.67. The number of aromatic nitrogens is 1. The van der Waals surface area contributed by atoms with Crippen molar-refractivity contribution < 1.29 is 9.53 Å². The van der Waals surface area contributed by atoms with Crippen LogP contribution in [0.4, 0.5) is 4.79 Å². The molecule has 0 bridgehead atoms. The van der Waals surface area contributed by atoms with Crippen molar-refractivity contribution in [1.29, 1.82) is 5.26 Å². The van der Waals surface area contributed by atoms with Crippen LogP contribution in [0.15, 0.2) is 12.3 Å². The van der Waals surface area contributed by atoms with Crippen molar-refractivity contribution in [2.75, 3.05) is 26.2 Å². The molecule has 2 fully saturated rings. The zero-order valence-electron chi connectivity index (χ0n) is 16.0. The summed E-state index contributed by atoms with van der Waals surface area (Å²) in [6, 6.07) is 4.16. The van der Waals surface area contributed by atoms with Crippen LogP contribution < -0.4 is 0 Å². The van der Waals surface area contributed by atoms with Gasteiger partial charge in [0.1, 0.15) is 17.4 Å². The number of hydrogen-bond acceptors (Lipinski definition) is 4. The number of ether oxygens (including phenoxy) is 1. The largest absolute Gasteiger partial charge is 0.441 e. The van der Waals surface area contributed by atoms with Gasteiger partial charge in [-0.15, -0.1) is 0 Å². The molecule has 3 heterocycles. The molecular weight excluding hydrogens is 328 g/mol. The molecule has 1 spiro atoms. The summed E-state index contributed by atoms with van der Waals surface area (Å²) in [7, 11) is 1.90. The summed E-state index contributed by atoms with van der Waals surface area (Å²) in [6.07, 6.45) is 8.37. The van der Waals surface area contributed by atoms with Crippen molar-refractivity contribution in [3.63, 3.8) is 0 Å². The third-order valence-electron chi connectivity index (χ3n) is 5.67. The van der Waals surface area contributed by atoms with E-state index >= 15 is 0 Å². The Morgan fingerprint density at radius 2 is 2.04 bits per heavy atom. The molecule has 2 saturated heterocycles. The van der Waals surface area contributed by atoms with E-state index in [4.69, 9.17) is 10.00 Å². The van der Waals surface area contributed by atoms with Crippen molar-refractivity contribution >= 4 is 6.09 Å². The highest BCUT2D eigenvalue weighted by Gasteiger charge is 2.46. The maximum atomic E-state index is 12.2. The summed E-state index contributed by atoms with van der Waals surface area (Å²) in [5.41, 5.74) is 1.57. The summed E-state index contributed by atoms with van der Waals surface area (Å²) in [5.74, 6) is 0. The molecule has 0 radical (unpaired) electrons. The zero-order valence-corrected chi connectivity index (χ0v) is 16.0. The molecule has 0 atom stereocenters. The van der Waals surface area contributed by atoms with Gasteiger partial charge >= 0.3 is 6.09 Å². The number of piperidine rings is 1. The van der Waals surface area contributed by atoms with E-state index in [0.29, 0.717) is 5.69 Å². The standard InChI is InChI=1S/C20H30N4O2/c1-3-4-5-6-9-24-16-20(26-19(24)25)7-10-23(11-8-20)15-17-12-18(13-21)22(2)14-17/h12,14H,3-11,15-16H2,1-2H3. The van der Waals surface area contributed by atoms with E-state index in [-0.39, 0.29) is 11.7 Å². The average molecular weight is 358 g/mol. The summed E-state index contributed by atoms with van der Waals surface area (Å²) in [5, 5.41) is 9.08. The quantitative estimate of drug-likeness (QED) is 0.702. The van der Waals surface area contributed by atoms with Gasteiger partial charge in [-0.1, -0.05) is 26.2 Å². The number of aryl methyl sites for hydroxylation is 1. The van der Waals surface area contributed by atoms with E-state index in [0.717, 1.165) is 52.0 Å². The molecule has 2 aliphatic heterocycles. The number of nitrogens with zero attached hydrogens (tertiary/aromatic N) is 4. The second-order valence-electron chi connectivity index (χ2n) is 7.77. The molecule has 1 aromatic rings. The Balaban J connectivity index is 1.48. The van der Waals surface area contributed by atoms with Gasteiger partial charge < -0.3 is 14.2 Å². The van der Waals surface area contributed by atoms with Crippen molar-refractivity contribution in [1.82, 2.24) is 14.4 Å². The van der Waals surface area contributed by atoms with E-state index in [2.05, 4.69) is 17.9 Å². The molecule has 0 N–H and O–H groups in total. The first-order valence-electron chi connectivity index (χ1n) is 9.81. The third kappa shape index (κ3) is 4.21. The lowest BCUT2D eigenvalue weighted by molar-refractivity contribution is -0.00124. The molecule has 0 saturated carbocycles. The fourth-order valence-corrected chi connectivity index (χ4v) is 4.06. The maximum absolute atomic E-state index is 12.2. The van der Waals surface area contributed by atoms with Crippen LogP contribution in [0.2, 0.25) is 0 Å². The van der Waals surface area contributed by atoms with Crippen molar-refractivity contribution in [3.05, 3.63) is 23.5 Å². The van der Waals surface area contributed by atoms with Crippen LogP contribution in [0.25, 0.3) is 0 Å². The van der Waals surface area contributed by atoms with Gasteiger partial charge in [0.05, 0.1) is 6.54 Å². The molecule has 3 rings (SSSR count). The minimum absolute atomic E-state index is 0.128. The van der Waals surface area contributed by atoms with Crippen molar-refractivity contribution in [2.45, 2.75) is 57.6 Å². The van der Waals surface area contributed by atoms with Gasteiger partial charge in [0.2, 0.25) is 0 Å². The van der Waals surface area contributed by atoms with E-state index in [1.165, 1.54) is 24.8 Å². The van der Waals surface area contributed by atoms with E-state index < -0.39 is 0 Å². The van der Waals surface area contributed by atoms with Gasteiger partial charge in [0.25, 0.3) is 0 Å². The highest BCUT2D eigenvalue weighted by Crippen LogP contribution is 2.34. The van der Waals surface area contributed by atoms with Crippen LogP contribution in [-0.2, 0) is 18.3 Å². The molecule has 1 aromatic heterocycles. The van der Waals surface area contributed by atoms with Gasteiger partial charge in [0, 0.05) is 52.3 Å². The maximum Gasteiger partial charge on any atom is 0.410 e. The molecule has 0 aliphatic carbocycles. The lowest BCUT2D eigenvalue weighted by atomic mass is 9.91. The molecule has 1 amide bonds. The predicted octanol–water partition coefficient (Wildman–Crippen LogP) is 3.26. The summed E-state index contributed by atoms with van der Waals surface area (Å²) < 4.78 is 7.68. The summed E-state index contributed by atoms with van der Waals surface area (Å²) in [6.45, 7) is 6.46. The minimum Gasteiger partial charge on any atom is -0.441 e. The fraction of sp³-hybridized carbons (Fsp3) is 0.700. The number of carbonyl (C=O) groups excluding carboxylic acids is 1. The molecule has 26 heavy (non-hydrogen) atoms. The minimum atomic E-state index is -0.285. The molecule has 2 aliphatic rings. The van der Waals surface area contributed by atoms with Gasteiger partial charge in [-0.2, -0.15) is 5.26 Å². The number of hydrogen-bond donors (Lipinski definition) is 0. The number of rotatable bonds is 7. The highest BCUT2D eigenvalue weighted by atomic mass is 16.6. The van der Waals surface area contributed by atoms with Crippen molar-refractivity contribution in [2.24, 2.45) is 7.05 Å². The van der Waals surface area contributed by atoms with E-state index in [9.17, 15) is 4.79 Å². The Kier molecular flexibility index (Phi) is 5.87. The van der Waals surface area contributed by atoms with Crippen LogP contribution in [-0.4, -0.2) is 52.2 Å². The Labute approximate surface area is 156 Å². The molecule has 0 aromatic carbocycles. The highest BCUT2D eigenvalue weighted by molar-refractivity contribution is 5.70. The molecular formula is C20H30N4O2. The molecule has 142 valence electrons. The van der Waals surface area contributed by atoms with Gasteiger partial charge in [-0.25, -0.2) is 4.79 Å². The Bertz CT molecular complexity index is 668. The second-order valence-corrected chi connectivity index (χ2v) is 7.77. The first-order valence-corrected chi connectivity index (χ1v) is 9.81. The van der Waals surface area contributed by atoms with Crippen LogP contribution in [0, 0.1) is 11.3 Å². The van der Waals surface area contributed by atoms with Gasteiger partial charge in [-0.3, -0.25) is 4.90 Å². The number of likely N-dealkylation sites (tertiary alicyclic amines) is 1. The zero-order chi connectivity index (χ0) is 18.6. The second kappa shape index (κ2) is 8.13. The Hall–Kier alpha value is -2.00. The topological polar surface area (TPSA) is 61.5 Å². The first-order chi connectivity index (χ1) is 12.5. The van der Waals surface area contributed by atoms with Crippen LogP contribution in [0.1, 0.15) is 56.7 Å². The fourth-order valence-electron chi connectivity index (χ4n) is 4.06. The van der Waals surface area contributed by atoms with Crippen LogP contribution >= 0.6 is 0 Å². The smallest absolute Gasteiger partial charge is 0.410 e. The number of carbonyl (C=O) groups is 1. The number of nitriles is 1. The predicted molar refractivity (Wildman–Crippen MR) is 99.6 cm³/mol. The lowest BCUT2D eigenvalue weighted by Gasteiger charge is -2.37. The average Bonchev–Trinajstić information content (AvgIpc) is 3.13. The number of amides is 1. The van der Waals surface area contributed by atoms with Crippen LogP contribution in [0.5, 0.6) is 0 Å². The molecule has 6 heteroatoms. The summed E-state index contributed by atoms with van der Waals surface area (Å²) in [4.78, 5) is 16.5. The van der Waals surface area contributed by atoms with Gasteiger partial charge in [-0.05, 0) is 18.1 Å². The van der Waals surface area contributed by atoms with Crippen LogP contribution in [0.3, 0.4) is 0 Å². The first kappa shape index (κ1) is 18.8. The number of unbranched alkanes of at least 4 members (excludes halogenated alkanes) is 3. The Morgan fingerprint density at radius 1 is 1.27 bits per heavy atom. The normalized spacial score (nSPS) is 19.7. The summed E-state index contributed by atoms with van der Waals surface area (Å²) >= 11 is 0. The van der Waals surface area contributed by atoms with Gasteiger partial charge in [0.15, 0.2) is 0 Å². The lowest BCUT2D eigenvalue weighted by Crippen LogP contribution is -2.46. The van der Waals surface area contributed by atoms with E-state index in [1.807, 2.05) is 28.8 Å². The molecule has 0 unspecified atom stereocenters. The molecule has 6 nitrogen and oxygen atoms in total.